The van der Waals surface area contributed by atoms with E-state index in [1.165, 1.54) is 11.1 Å². The van der Waals surface area contributed by atoms with Gasteiger partial charge in [0.05, 0.1) is 0 Å². The Morgan fingerprint density at radius 3 is 1.43 bits per heavy atom. The highest BCUT2D eigenvalue weighted by molar-refractivity contribution is 6.19. The summed E-state index contributed by atoms with van der Waals surface area (Å²) >= 11 is 12.8. The summed E-state index contributed by atoms with van der Waals surface area (Å²) in [5.41, 5.74) is 4.84. The third-order valence-electron chi connectivity index (χ3n) is 8.26. The second kappa shape index (κ2) is 10.2. The number of anilines is 2. The lowest BCUT2D eigenvalue weighted by Gasteiger charge is -2.28. The zero-order valence-electron chi connectivity index (χ0n) is 20.8. The van der Waals surface area contributed by atoms with Gasteiger partial charge in [-0.1, -0.05) is 48.5 Å². The van der Waals surface area contributed by atoms with Crippen LogP contribution in [0.3, 0.4) is 0 Å². The standard InChI is InChI=1S/C31H32Cl2N2O2/c32-18-20-14-26-22-8-2-4-10-24(22)30(36)16-28(26)34(20)12-6-1-7-13-35-21(19-33)15-27-23-9-3-5-11-25(23)31(37)17-29(27)35/h2-5,8-11,16-17,20-21,36-37H,1,6-7,12-15,18-19H2/t20-,21-/m1/s1. The number of aromatic hydroxyl groups is 2. The Hall–Kier alpha value is -2.82. The number of unbranched alkanes of at least 4 members (excludes halogenated alkanes) is 2. The Bertz CT molecular complexity index is 1350. The molecule has 0 radical (unpaired) electrons. The molecule has 192 valence electrons. The lowest BCUT2D eigenvalue weighted by molar-refractivity contribution is 0.481. The van der Waals surface area contributed by atoms with Gasteiger partial charge < -0.3 is 20.0 Å². The summed E-state index contributed by atoms with van der Waals surface area (Å²) in [7, 11) is 0. The zero-order valence-corrected chi connectivity index (χ0v) is 22.3. The first kappa shape index (κ1) is 24.5. The first-order valence-corrected chi connectivity index (χ1v) is 14.3. The Labute approximate surface area is 228 Å². The molecule has 2 aliphatic rings. The molecule has 37 heavy (non-hydrogen) atoms. The van der Waals surface area contributed by atoms with Crippen molar-refractivity contribution < 1.29 is 10.2 Å². The van der Waals surface area contributed by atoms with Gasteiger partial charge in [-0.2, -0.15) is 0 Å². The van der Waals surface area contributed by atoms with Crippen LogP contribution in [0.4, 0.5) is 11.4 Å². The van der Waals surface area contributed by atoms with E-state index in [-0.39, 0.29) is 12.1 Å². The highest BCUT2D eigenvalue weighted by Gasteiger charge is 2.32. The molecule has 0 aliphatic carbocycles. The third kappa shape index (κ3) is 4.24. The second-order valence-electron chi connectivity index (χ2n) is 10.3. The van der Waals surface area contributed by atoms with Crippen molar-refractivity contribution in [2.45, 2.75) is 44.2 Å². The van der Waals surface area contributed by atoms with E-state index in [1.54, 1.807) is 0 Å². The van der Waals surface area contributed by atoms with Gasteiger partial charge in [0.25, 0.3) is 0 Å². The third-order valence-corrected chi connectivity index (χ3v) is 8.97. The average Bonchev–Trinajstić information content (AvgIpc) is 3.46. The van der Waals surface area contributed by atoms with Gasteiger partial charge in [0, 0.05) is 71.2 Å². The molecule has 2 N–H and O–H groups in total. The van der Waals surface area contributed by atoms with Crippen LogP contribution in [0.1, 0.15) is 30.4 Å². The SMILES string of the molecule is Oc1cc2c(c3ccccc13)C[C@H](CCl)N2CCCCCN1c2cc(O)c3ccccc3c2C[C@@H]1CCl. The molecule has 2 atom stereocenters. The van der Waals surface area contributed by atoms with Crippen molar-refractivity contribution >= 4 is 56.1 Å². The maximum Gasteiger partial charge on any atom is 0.125 e. The number of rotatable bonds is 8. The fourth-order valence-electron chi connectivity index (χ4n) is 6.45. The van der Waals surface area contributed by atoms with Crippen molar-refractivity contribution in [2.24, 2.45) is 0 Å². The molecule has 6 rings (SSSR count). The van der Waals surface area contributed by atoms with Crippen molar-refractivity contribution in [3.8, 4) is 11.5 Å². The number of phenols is 2. The van der Waals surface area contributed by atoms with E-state index in [1.807, 2.05) is 48.5 Å². The number of benzene rings is 4. The van der Waals surface area contributed by atoms with Crippen molar-refractivity contribution in [1.29, 1.82) is 0 Å². The Morgan fingerprint density at radius 1 is 0.622 bits per heavy atom. The van der Waals surface area contributed by atoms with Crippen LogP contribution in [0, 0.1) is 0 Å². The molecular weight excluding hydrogens is 503 g/mol. The number of nitrogens with zero attached hydrogens (tertiary/aromatic N) is 2. The Morgan fingerprint density at radius 2 is 1.03 bits per heavy atom. The van der Waals surface area contributed by atoms with Gasteiger partial charge in [-0.3, -0.25) is 0 Å². The molecular formula is C31H32Cl2N2O2. The van der Waals surface area contributed by atoms with Crippen molar-refractivity contribution in [1.82, 2.24) is 0 Å². The summed E-state index contributed by atoms with van der Waals surface area (Å²) in [5.74, 6) is 1.82. The molecule has 0 amide bonds. The molecule has 0 saturated heterocycles. The van der Waals surface area contributed by atoms with E-state index in [4.69, 9.17) is 23.2 Å². The van der Waals surface area contributed by atoms with Crippen LogP contribution in [0.25, 0.3) is 21.5 Å². The van der Waals surface area contributed by atoms with Crippen LogP contribution in [-0.2, 0) is 12.8 Å². The predicted molar refractivity (Wildman–Crippen MR) is 156 cm³/mol. The first-order chi connectivity index (χ1) is 18.1. The van der Waals surface area contributed by atoms with Gasteiger partial charge >= 0.3 is 0 Å². The molecule has 6 heteroatoms. The van der Waals surface area contributed by atoms with Crippen LogP contribution >= 0.6 is 23.2 Å². The minimum atomic E-state index is 0.254. The average molecular weight is 536 g/mol. The van der Waals surface area contributed by atoms with Crippen LogP contribution in [0.5, 0.6) is 11.5 Å². The maximum absolute atomic E-state index is 10.7. The van der Waals surface area contributed by atoms with Crippen molar-refractivity contribution in [3.05, 3.63) is 71.8 Å². The topological polar surface area (TPSA) is 46.9 Å². The largest absolute Gasteiger partial charge is 0.507 e. The summed E-state index contributed by atoms with van der Waals surface area (Å²) in [4.78, 5) is 4.79. The number of hydrogen-bond acceptors (Lipinski definition) is 4. The summed E-state index contributed by atoms with van der Waals surface area (Å²) in [6.45, 7) is 1.84. The molecule has 0 spiro atoms. The number of phenolic OH excluding ortho intramolecular Hbond substituents is 2. The van der Waals surface area contributed by atoms with E-state index in [9.17, 15) is 10.2 Å². The fourth-order valence-corrected chi connectivity index (χ4v) is 7.00. The lowest BCUT2D eigenvalue weighted by atomic mass is 10.0. The highest BCUT2D eigenvalue weighted by Crippen LogP contribution is 2.43. The predicted octanol–water partition coefficient (Wildman–Crippen LogP) is 7.21. The summed E-state index contributed by atoms with van der Waals surface area (Å²) in [6.07, 6.45) is 5.02. The second-order valence-corrected chi connectivity index (χ2v) is 11.0. The van der Waals surface area contributed by atoms with Gasteiger partial charge in [0.15, 0.2) is 0 Å². The van der Waals surface area contributed by atoms with E-state index < -0.39 is 0 Å². The summed E-state index contributed by atoms with van der Waals surface area (Å²) < 4.78 is 0. The Kier molecular flexibility index (Phi) is 6.73. The lowest BCUT2D eigenvalue weighted by Crippen LogP contribution is -2.35. The Balaban J connectivity index is 1.13. The smallest absolute Gasteiger partial charge is 0.125 e. The van der Waals surface area contributed by atoms with Crippen LogP contribution in [0.15, 0.2) is 60.7 Å². The fraction of sp³-hybridized carbons (Fsp3) is 0.355. The van der Waals surface area contributed by atoms with Crippen molar-refractivity contribution in [3.63, 3.8) is 0 Å². The molecule has 2 aliphatic heterocycles. The van der Waals surface area contributed by atoms with Gasteiger partial charge in [-0.15, -0.1) is 23.2 Å². The van der Waals surface area contributed by atoms with Crippen LogP contribution in [-0.4, -0.2) is 47.1 Å². The molecule has 0 fully saturated rings. The molecule has 0 saturated carbocycles. The number of hydrogen-bond donors (Lipinski definition) is 2. The molecule has 0 bridgehead atoms. The molecule has 4 nitrogen and oxygen atoms in total. The molecule has 0 unspecified atom stereocenters. The normalized spacial score (nSPS) is 18.6. The van der Waals surface area contributed by atoms with Crippen LogP contribution in [0.2, 0.25) is 0 Å². The number of halogens is 2. The first-order valence-electron chi connectivity index (χ1n) is 13.2. The van der Waals surface area contributed by atoms with Crippen molar-refractivity contribution in [2.75, 3.05) is 34.6 Å². The number of fused-ring (bicyclic) bond motifs is 6. The van der Waals surface area contributed by atoms with E-state index in [0.29, 0.717) is 23.3 Å². The van der Waals surface area contributed by atoms with E-state index in [0.717, 1.165) is 78.1 Å². The molecule has 4 aromatic rings. The van der Waals surface area contributed by atoms with Gasteiger partial charge in [-0.25, -0.2) is 0 Å². The summed E-state index contributed by atoms with van der Waals surface area (Å²) in [5, 5.41) is 25.4. The molecule has 2 heterocycles. The van der Waals surface area contributed by atoms with Crippen LogP contribution < -0.4 is 9.80 Å². The maximum atomic E-state index is 10.7. The zero-order chi connectivity index (χ0) is 25.5. The van der Waals surface area contributed by atoms with Gasteiger partial charge in [0.2, 0.25) is 0 Å². The number of alkyl halides is 2. The van der Waals surface area contributed by atoms with Gasteiger partial charge in [0.1, 0.15) is 11.5 Å². The van der Waals surface area contributed by atoms with E-state index in [2.05, 4.69) is 21.9 Å². The quantitative estimate of drug-likeness (QED) is 0.185. The highest BCUT2D eigenvalue weighted by atomic mass is 35.5. The monoisotopic (exact) mass is 534 g/mol. The summed E-state index contributed by atoms with van der Waals surface area (Å²) in [6, 6.07) is 20.5. The van der Waals surface area contributed by atoms with E-state index >= 15 is 0 Å². The minimum absolute atomic E-state index is 0.254. The molecule has 4 aromatic carbocycles. The van der Waals surface area contributed by atoms with Gasteiger partial charge in [-0.05, 0) is 54.0 Å². The molecule has 0 aromatic heterocycles. The minimum Gasteiger partial charge on any atom is -0.507 e.